The van der Waals surface area contributed by atoms with Gasteiger partial charge in [-0.1, -0.05) is 39.7 Å². The Kier molecular flexibility index (Phi) is 1.82. The highest BCUT2D eigenvalue weighted by Gasteiger charge is 2.53. The van der Waals surface area contributed by atoms with Crippen molar-refractivity contribution in [2.24, 2.45) is 0 Å². The first kappa shape index (κ1) is 8.96. The van der Waals surface area contributed by atoms with Crippen molar-refractivity contribution < 1.29 is 4.74 Å². The van der Waals surface area contributed by atoms with Crippen LogP contribution in [0.3, 0.4) is 0 Å². The third-order valence-corrected chi connectivity index (χ3v) is 3.53. The maximum absolute atomic E-state index is 6.19. The van der Waals surface area contributed by atoms with Gasteiger partial charge < -0.3 is 4.74 Å². The van der Waals surface area contributed by atoms with Crippen molar-refractivity contribution in [3.05, 3.63) is 44.9 Å². The number of hydrogen-bond acceptors (Lipinski definition) is 1. The summed E-state index contributed by atoms with van der Waals surface area (Å²) in [5.74, 6) is 0. The quantitative estimate of drug-likeness (QED) is 0.591. The van der Waals surface area contributed by atoms with Gasteiger partial charge in [-0.15, -0.1) is 0 Å². The zero-order valence-corrected chi connectivity index (χ0v) is 9.73. The van der Waals surface area contributed by atoms with Gasteiger partial charge in [0.25, 0.3) is 0 Å². The van der Waals surface area contributed by atoms with Crippen LogP contribution in [0, 0.1) is 0 Å². The molecule has 0 bridgehead atoms. The van der Waals surface area contributed by atoms with E-state index in [1.54, 1.807) is 0 Å². The minimum absolute atomic E-state index is 0.155. The van der Waals surface area contributed by atoms with Gasteiger partial charge in [0.1, 0.15) is 5.60 Å². The van der Waals surface area contributed by atoms with Crippen LogP contribution < -0.4 is 0 Å². The average Bonchev–Trinajstić information content (AvgIpc) is 2.99. The first-order valence-electron chi connectivity index (χ1n) is 4.51. The van der Waals surface area contributed by atoms with Crippen LogP contribution in [-0.4, -0.2) is 6.61 Å². The minimum Gasteiger partial charge on any atom is -0.360 e. The second-order valence-corrected chi connectivity index (χ2v) is 5.00. The Labute approximate surface area is 95.8 Å². The van der Waals surface area contributed by atoms with Crippen LogP contribution in [0.2, 0.25) is 5.02 Å². The number of allylic oxidation sites excluding steroid dienone is 1. The molecule has 1 aromatic carbocycles. The first-order chi connectivity index (χ1) is 6.72. The molecule has 1 heterocycles. The molecule has 1 unspecified atom stereocenters. The summed E-state index contributed by atoms with van der Waals surface area (Å²) < 4.78 is 6.57. The maximum atomic E-state index is 6.19. The van der Waals surface area contributed by atoms with Gasteiger partial charge >= 0.3 is 0 Å². The molecule has 0 spiro atoms. The highest BCUT2D eigenvalue weighted by atomic mass is 79.9. The smallest absolute Gasteiger partial charge is 0.139 e. The van der Waals surface area contributed by atoms with E-state index >= 15 is 0 Å². The van der Waals surface area contributed by atoms with Crippen molar-refractivity contribution >= 4 is 27.5 Å². The molecule has 0 aromatic heterocycles. The summed E-state index contributed by atoms with van der Waals surface area (Å²) in [6.45, 7) is 0.778. The molecule has 0 saturated carbocycles. The van der Waals surface area contributed by atoms with Gasteiger partial charge in [0, 0.05) is 15.1 Å². The standard InChI is InChI=1S/C11H8BrClO/c12-8-3-4-9(10(13)5-8)11(6-14-11)7-1-2-7/h1,3-5H,2,6H2. The van der Waals surface area contributed by atoms with Crippen molar-refractivity contribution in [2.45, 2.75) is 12.0 Å². The topological polar surface area (TPSA) is 12.5 Å². The van der Waals surface area contributed by atoms with Gasteiger partial charge in [-0.25, -0.2) is 0 Å². The molecule has 0 amide bonds. The predicted octanol–water partition coefficient (Wildman–Crippen LogP) is 3.66. The van der Waals surface area contributed by atoms with E-state index in [9.17, 15) is 0 Å². The number of ether oxygens (including phenoxy) is 1. The van der Waals surface area contributed by atoms with Crippen LogP contribution in [0.1, 0.15) is 12.0 Å². The van der Waals surface area contributed by atoms with Crippen molar-refractivity contribution in [3.63, 3.8) is 0 Å². The van der Waals surface area contributed by atoms with Crippen LogP contribution in [0.5, 0.6) is 0 Å². The molecule has 1 aliphatic heterocycles. The van der Waals surface area contributed by atoms with Gasteiger partial charge in [-0.3, -0.25) is 0 Å². The molecule has 1 nitrogen and oxygen atoms in total. The summed E-state index contributed by atoms with van der Waals surface area (Å²) in [5, 5.41) is 0.782. The third-order valence-electron chi connectivity index (χ3n) is 2.73. The number of halogens is 2. The van der Waals surface area contributed by atoms with E-state index in [0.717, 1.165) is 28.1 Å². The Morgan fingerprint density at radius 2 is 2.14 bits per heavy atom. The number of benzene rings is 1. The van der Waals surface area contributed by atoms with E-state index in [-0.39, 0.29) is 5.60 Å². The molecular formula is C11H8BrClO. The highest BCUT2D eigenvalue weighted by Crippen LogP contribution is 2.53. The second kappa shape index (κ2) is 2.84. The van der Waals surface area contributed by atoms with Crippen LogP contribution in [0.25, 0.3) is 0 Å². The van der Waals surface area contributed by atoms with E-state index < -0.39 is 0 Å². The Morgan fingerprint density at radius 1 is 1.43 bits per heavy atom. The van der Waals surface area contributed by atoms with E-state index in [1.807, 2.05) is 18.2 Å². The monoisotopic (exact) mass is 270 g/mol. The van der Waals surface area contributed by atoms with Gasteiger partial charge in [-0.2, -0.15) is 0 Å². The number of rotatable bonds is 2. The molecule has 2 aliphatic rings. The van der Waals surface area contributed by atoms with Crippen molar-refractivity contribution in [1.29, 1.82) is 0 Å². The Morgan fingerprint density at radius 3 is 2.64 bits per heavy atom. The molecule has 3 rings (SSSR count). The molecule has 3 heteroatoms. The fourth-order valence-electron chi connectivity index (χ4n) is 1.78. The fourth-order valence-corrected chi connectivity index (χ4v) is 2.61. The van der Waals surface area contributed by atoms with Crippen molar-refractivity contribution in [2.75, 3.05) is 6.61 Å². The summed E-state index contributed by atoms with van der Waals surface area (Å²) >= 11 is 9.58. The lowest BCUT2D eigenvalue weighted by molar-refractivity contribution is 0.349. The molecule has 14 heavy (non-hydrogen) atoms. The molecule has 1 atom stereocenters. The molecule has 1 aromatic rings. The second-order valence-electron chi connectivity index (χ2n) is 3.67. The largest absolute Gasteiger partial charge is 0.360 e. The summed E-state index contributed by atoms with van der Waals surface area (Å²) in [4.78, 5) is 0. The summed E-state index contributed by atoms with van der Waals surface area (Å²) in [6.07, 6.45) is 3.28. The third kappa shape index (κ3) is 1.25. The van der Waals surface area contributed by atoms with Crippen molar-refractivity contribution in [3.8, 4) is 0 Å². The highest BCUT2D eigenvalue weighted by molar-refractivity contribution is 9.10. The molecule has 1 fully saturated rings. The molecular weight excluding hydrogens is 263 g/mol. The SMILES string of the molecule is Clc1cc(Br)ccc1C1(C2=CC2)CO1. The lowest BCUT2D eigenvalue weighted by Crippen LogP contribution is -2.07. The lowest BCUT2D eigenvalue weighted by Gasteiger charge is -2.10. The van der Waals surface area contributed by atoms with E-state index in [0.29, 0.717) is 0 Å². The number of hydrogen-bond donors (Lipinski definition) is 0. The summed E-state index contributed by atoms with van der Waals surface area (Å²) in [6, 6.07) is 5.97. The van der Waals surface area contributed by atoms with Crippen molar-refractivity contribution in [1.82, 2.24) is 0 Å². The Bertz CT molecular complexity index is 435. The van der Waals surface area contributed by atoms with Gasteiger partial charge in [0.15, 0.2) is 0 Å². The molecule has 1 saturated heterocycles. The predicted molar refractivity (Wildman–Crippen MR) is 59.5 cm³/mol. The lowest BCUT2D eigenvalue weighted by atomic mass is 9.97. The van der Waals surface area contributed by atoms with E-state index in [4.69, 9.17) is 16.3 Å². The zero-order valence-electron chi connectivity index (χ0n) is 7.39. The van der Waals surface area contributed by atoms with Gasteiger partial charge in [-0.05, 0) is 24.1 Å². The molecule has 0 radical (unpaired) electrons. The average molecular weight is 272 g/mol. The van der Waals surface area contributed by atoms with Crippen LogP contribution in [-0.2, 0) is 10.3 Å². The molecule has 72 valence electrons. The van der Waals surface area contributed by atoms with Crippen LogP contribution in [0.4, 0.5) is 0 Å². The van der Waals surface area contributed by atoms with Crippen LogP contribution in [0.15, 0.2) is 34.3 Å². The fraction of sp³-hybridized carbons (Fsp3) is 0.273. The minimum atomic E-state index is -0.155. The molecule has 1 aliphatic carbocycles. The Hall–Kier alpha value is -0.310. The van der Waals surface area contributed by atoms with Gasteiger partial charge in [0.2, 0.25) is 0 Å². The number of epoxide rings is 1. The van der Waals surface area contributed by atoms with E-state index in [1.165, 1.54) is 5.57 Å². The molecule has 0 N–H and O–H groups in total. The van der Waals surface area contributed by atoms with E-state index in [2.05, 4.69) is 22.0 Å². The maximum Gasteiger partial charge on any atom is 0.139 e. The first-order valence-corrected chi connectivity index (χ1v) is 5.68. The summed E-state index contributed by atoms with van der Waals surface area (Å²) in [7, 11) is 0. The summed E-state index contributed by atoms with van der Waals surface area (Å²) in [5.41, 5.74) is 2.32. The Balaban J connectivity index is 2.07. The normalized spacial score (nSPS) is 28.6. The van der Waals surface area contributed by atoms with Crippen LogP contribution >= 0.6 is 27.5 Å². The zero-order chi connectivity index (χ0) is 9.76. The van der Waals surface area contributed by atoms with Gasteiger partial charge in [0.05, 0.1) is 6.61 Å².